The highest BCUT2D eigenvalue weighted by Gasteiger charge is 2.33. The summed E-state index contributed by atoms with van der Waals surface area (Å²) in [5.74, 6) is 0.709. The lowest BCUT2D eigenvalue weighted by Crippen LogP contribution is -2.07. The van der Waals surface area contributed by atoms with Crippen molar-refractivity contribution < 1.29 is 17.9 Å². The van der Waals surface area contributed by atoms with Crippen molar-refractivity contribution in [3.8, 4) is 5.75 Å². The van der Waals surface area contributed by atoms with Crippen molar-refractivity contribution in [1.29, 1.82) is 0 Å². The zero-order valence-corrected chi connectivity index (χ0v) is 12.8. The van der Waals surface area contributed by atoms with Gasteiger partial charge in [-0.3, -0.25) is 0 Å². The van der Waals surface area contributed by atoms with E-state index in [-0.39, 0.29) is 4.47 Å². The first-order valence-electron chi connectivity index (χ1n) is 6.13. The highest BCUT2D eigenvalue weighted by Crippen LogP contribution is 2.36. The number of rotatable bonds is 4. The van der Waals surface area contributed by atoms with Crippen molar-refractivity contribution >= 4 is 21.6 Å². The minimum atomic E-state index is -4.38. The summed E-state index contributed by atoms with van der Waals surface area (Å²) in [5.41, 5.74) is 0.636. The molecule has 6 heteroatoms. The van der Waals surface area contributed by atoms with Gasteiger partial charge in [0.25, 0.3) is 0 Å². The van der Waals surface area contributed by atoms with Gasteiger partial charge in [0.1, 0.15) is 5.75 Å². The topological polar surface area (TPSA) is 21.3 Å². The van der Waals surface area contributed by atoms with E-state index in [9.17, 15) is 13.2 Å². The summed E-state index contributed by atoms with van der Waals surface area (Å²) in [6.45, 7) is 0.413. The van der Waals surface area contributed by atoms with Gasteiger partial charge in [0.15, 0.2) is 0 Å². The van der Waals surface area contributed by atoms with E-state index in [1.165, 1.54) is 6.07 Å². The zero-order valence-electron chi connectivity index (χ0n) is 11.2. The smallest absolute Gasteiger partial charge is 0.417 e. The van der Waals surface area contributed by atoms with Crippen LogP contribution in [-0.4, -0.2) is 7.11 Å². The molecule has 1 N–H and O–H groups in total. The van der Waals surface area contributed by atoms with Gasteiger partial charge in [-0.1, -0.05) is 28.1 Å². The molecule has 0 aliphatic rings. The van der Waals surface area contributed by atoms with E-state index in [4.69, 9.17) is 4.74 Å². The summed E-state index contributed by atoms with van der Waals surface area (Å²) in [7, 11) is 1.57. The molecule has 0 aliphatic carbocycles. The maximum absolute atomic E-state index is 12.8. The number of ether oxygens (including phenoxy) is 1. The third kappa shape index (κ3) is 4.14. The van der Waals surface area contributed by atoms with Crippen LogP contribution in [0.3, 0.4) is 0 Å². The molecular formula is C15H13BrF3NO. The standard InChI is InChI=1S/C15H13BrF3NO/c1-21-12-4-2-3-10(7-12)9-20-11-5-6-14(16)13(8-11)15(17,18)19/h2-8,20H,9H2,1H3. The molecule has 0 saturated carbocycles. The minimum Gasteiger partial charge on any atom is -0.497 e. The summed E-state index contributed by atoms with van der Waals surface area (Å²) in [4.78, 5) is 0. The molecule has 2 aromatic carbocycles. The molecule has 0 atom stereocenters. The van der Waals surface area contributed by atoms with Gasteiger partial charge in [0.2, 0.25) is 0 Å². The van der Waals surface area contributed by atoms with E-state index in [0.29, 0.717) is 18.0 Å². The molecule has 0 aliphatic heterocycles. The van der Waals surface area contributed by atoms with E-state index in [1.807, 2.05) is 24.3 Å². The highest BCUT2D eigenvalue weighted by atomic mass is 79.9. The molecule has 0 amide bonds. The monoisotopic (exact) mass is 359 g/mol. The molecule has 2 nitrogen and oxygen atoms in total. The van der Waals surface area contributed by atoms with Gasteiger partial charge in [0, 0.05) is 16.7 Å². The van der Waals surface area contributed by atoms with E-state index < -0.39 is 11.7 Å². The molecule has 2 aromatic rings. The van der Waals surface area contributed by atoms with Crippen molar-refractivity contribution in [3.63, 3.8) is 0 Å². The number of benzene rings is 2. The van der Waals surface area contributed by atoms with Crippen LogP contribution in [0.2, 0.25) is 0 Å². The lowest BCUT2D eigenvalue weighted by Gasteiger charge is -2.13. The van der Waals surface area contributed by atoms with Crippen molar-refractivity contribution in [2.45, 2.75) is 12.7 Å². The maximum Gasteiger partial charge on any atom is 0.417 e. The molecule has 112 valence electrons. The Hall–Kier alpha value is -1.69. The van der Waals surface area contributed by atoms with Crippen LogP contribution in [0.4, 0.5) is 18.9 Å². The normalized spacial score (nSPS) is 11.3. The van der Waals surface area contributed by atoms with Gasteiger partial charge < -0.3 is 10.1 Å². The number of nitrogens with one attached hydrogen (secondary N) is 1. The molecule has 21 heavy (non-hydrogen) atoms. The predicted octanol–water partition coefficient (Wildman–Crippen LogP) is 5.09. The summed E-state index contributed by atoms with van der Waals surface area (Å²) in [6.07, 6.45) is -4.38. The third-order valence-electron chi connectivity index (χ3n) is 2.90. The largest absolute Gasteiger partial charge is 0.497 e. The zero-order chi connectivity index (χ0) is 15.5. The summed E-state index contributed by atoms with van der Waals surface area (Å²) in [6, 6.07) is 11.4. The first-order chi connectivity index (χ1) is 9.90. The number of hydrogen-bond donors (Lipinski definition) is 1. The fourth-order valence-corrected chi connectivity index (χ4v) is 2.31. The highest BCUT2D eigenvalue weighted by molar-refractivity contribution is 9.10. The van der Waals surface area contributed by atoms with Crippen LogP contribution in [0.25, 0.3) is 0 Å². The van der Waals surface area contributed by atoms with Crippen molar-refractivity contribution in [2.24, 2.45) is 0 Å². The van der Waals surface area contributed by atoms with Crippen LogP contribution in [0.1, 0.15) is 11.1 Å². The van der Waals surface area contributed by atoms with Crippen LogP contribution in [0.5, 0.6) is 5.75 Å². The van der Waals surface area contributed by atoms with Gasteiger partial charge in [-0.15, -0.1) is 0 Å². The summed E-state index contributed by atoms with van der Waals surface area (Å²) >= 11 is 2.92. The minimum absolute atomic E-state index is 0.0296. The Kier molecular flexibility index (Phi) is 4.77. The Balaban J connectivity index is 2.13. The quantitative estimate of drug-likeness (QED) is 0.820. The number of alkyl halides is 3. The van der Waals surface area contributed by atoms with Gasteiger partial charge in [-0.2, -0.15) is 13.2 Å². The van der Waals surface area contributed by atoms with Crippen LogP contribution in [0, 0.1) is 0 Å². The van der Waals surface area contributed by atoms with Gasteiger partial charge in [-0.25, -0.2) is 0 Å². The van der Waals surface area contributed by atoms with Crippen LogP contribution >= 0.6 is 15.9 Å². The molecule has 2 rings (SSSR count). The molecule has 0 bridgehead atoms. The van der Waals surface area contributed by atoms with E-state index in [1.54, 1.807) is 13.2 Å². The van der Waals surface area contributed by atoms with Crippen molar-refractivity contribution in [3.05, 3.63) is 58.1 Å². The second kappa shape index (κ2) is 6.39. The van der Waals surface area contributed by atoms with Gasteiger partial charge >= 0.3 is 6.18 Å². The van der Waals surface area contributed by atoms with Crippen LogP contribution < -0.4 is 10.1 Å². The SMILES string of the molecule is COc1cccc(CNc2ccc(Br)c(C(F)(F)F)c2)c1. The Morgan fingerprint density at radius 2 is 1.90 bits per heavy atom. The first-order valence-corrected chi connectivity index (χ1v) is 6.93. The Morgan fingerprint density at radius 3 is 2.57 bits per heavy atom. The molecule has 0 unspecified atom stereocenters. The second-order valence-corrected chi connectivity index (χ2v) is 5.25. The summed E-state index contributed by atoms with van der Waals surface area (Å²) in [5, 5.41) is 2.98. The maximum atomic E-state index is 12.8. The van der Waals surface area contributed by atoms with E-state index >= 15 is 0 Å². The Bertz CT molecular complexity index is 629. The average molecular weight is 360 g/mol. The van der Waals surface area contributed by atoms with Gasteiger partial charge in [0.05, 0.1) is 12.7 Å². The molecule has 0 heterocycles. The number of halogens is 4. The fraction of sp³-hybridized carbons (Fsp3) is 0.200. The molecule has 0 fully saturated rings. The molecule has 0 saturated heterocycles. The molecule has 0 radical (unpaired) electrons. The molecular weight excluding hydrogens is 347 g/mol. The summed E-state index contributed by atoms with van der Waals surface area (Å²) < 4.78 is 43.6. The first kappa shape index (κ1) is 15.7. The lowest BCUT2D eigenvalue weighted by atomic mass is 10.1. The Morgan fingerprint density at radius 1 is 1.14 bits per heavy atom. The van der Waals surface area contributed by atoms with Gasteiger partial charge in [-0.05, 0) is 35.9 Å². The van der Waals surface area contributed by atoms with Crippen LogP contribution in [-0.2, 0) is 12.7 Å². The third-order valence-corrected chi connectivity index (χ3v) is 3.59. The van der Waals surface area contributed by atoms with Crippen molar-refractivity contribution in [1.82, 2.24) is 0 Å². The van der Waals surface area contributed by atoms with E-state index in [2.05, 4.69) is 21.2 Å². The molecule has 0 spiro atoms. The predicted molar refractivity (Wildman–Crippen MR) is 79.5 cm³/mol. The average Bonchev–Trinajstić information content (AvgIpc) is 2.45. The lowest BCUT2D eigenvalue weighted by molar-refractivity contribution is -0.138. The Labute approximate surface area is 129 Å². The number of methoxy groups -OCH3 is 1. The molecule has 0 aromatic heterocycles. The van der Waals surface area contributed by atoms with Crippen molar-refractivity contribution in [2.75, 3.05) is 12.4 Å². The van der Waals surface area contributed by atoms with E-state index in [0.717, 1.165) is 11.6 Å². The fourth-order valence-electron chi connectivity index (χ4n) is 1.84. The number of anilines is 1. The number of hydrogen-bond acceptors (Lipinski definition) is 2. The van der Waals surface area contributed by atoms with Crippen LogP contribution in [0.15, 0.2) is 46.9 Å². The second-order valence-electron chi connectivity index (χ2n) is 4.40.